The Morgan fingerprint density at radius 2 is 1.83 bits per heavy atom. The number of aryl methyl sites for hydroxylation is 1. The topological polar surface area (TPSA) is 63.5 Å². The third kappa shape index (κ3) is 4.54. The molecule has 2 atom stereocenters. The Morgan fingerprint density at radius 3 is 2.43 bits per heavy atom. The molecular weight excluding hydrogens is 314 g/mol. The summed E-state index contributed by atoms with van der Waals surface area (Å²) in [5.41, 5.74) is 1.15. The van der Waals surface area contributed by atoms with E-state index in [1.807, 2.05) is 12.1 Å². The summed E-state index contributed by atoms with van der Waals surface area (Å²) in [5.74, 6) is -0.503. The van der Waals surface area contributed by atoms with Gasteiger partial charge in [-0.2, -0.15) is 4.31 Å². The van der Waals surface area contributed by atoms with Crippen LogP contribution in [0.4, 0.5) is 0 Å². The summed E-state index contributed by atoms with van der Waals surface area (Å²) in [6, 6.07) is 6.32. The van der Waals surface area contributed by atoms with Crippen LogP contribution < -0.4 is 0 Å². The number of hydrogen-bond acceptors (Lipinski definition) is 4. The fraction of sp³-hybridized carbons (Fsp3) is 0.588. The van der Waals surface area contributed by atoms with E-state index in [0.717, 1.165) is 18.4 Å². The number of nitrogens with zero attached hydrogens (tertiary/aromatic N) is 1. The number of hydrogen-bond donors (Lipinski definition) is 0. The molecule has 0 N–H and O–H groups in total. The average molecular weight is 339 g/mol. The molecule has 1 aromatic carbocycles. The first-order chi connectivity index (χ1) is 11.0. The van der Waals surface area contributed by atoms with Crippen molar-refractivity contribution in [2.24, 2.45) is 0 Å². The standard InChI is InChI=1S/C17H25NO4S/c1-3-4-5-6-7-8-14-9-11-15(12-10-14)23(20,21)18-13-16(18)17(19)22-2/h9-12,16H,3-8,13H2,1-2H3. The quantitative estimate of drug-likeness (QED) is 0.394. The highest BCUT2D eigenvalue weighted by molar-refractivity contribution is 7.89. The van der Waals surface area contributed by atoms with Gasteiger partial charge in [-0.15, -0.1) is 0 Å². The second-order valence-corrected chi connectivity index (χ2v) is 7.81. The Bertz CT molecular complexity index is 624. The lowest BCUT2D eigenvalue weighted by Gasteiger charge is -2.07. The largest absolute Gasteiger partial charge is 0.468 e. The van der Waals surface area contributed by atoms with Crippen LogP contribution in [0.25, 0.3) is 0 Å². The summed E-state index contributed by atoms with van der Waals surface area (Å²) in [4.78, 5) is 11.6. The third-order valence-electron chi connectivity index (χ3n) is 4.14. The van der Waals surface area contributed by atoms with E-state index in [1.54, 1.807) is 12.1 Å². The normalized spacial score (nSPS) is 20.3. The van der Waals surface area contributed by atoms with Gasteiger partial charge in [0.15, 0.2) is 0 Å². The molecule has 0 aromatic heterocycles. The molecule has 1 heterocycles. The number of sulfonamides is 1. The summed E-state index contributed by atoms with van der Waals surface area (Å²) < 4.78 is 30.5. The zero-order valence-electron chi connectivity index (χ0n) is 13.8. The van der Waals surface area contributed by atoms with E-state index in [0.29, 0.717) is 0 Å². The van der Waals surface area contributed by atoms with Gasteiger partial charge in [-0.05, 0) is 30.5 Å². The minimum Gasteiger partial charge on any atom is -0.468 e. The first-order valence-corrected chi connectivity index (χ1v) is 9.63. The molecule has 1 saturated heterocycles. The highest BCUT2D eigenvalue weighted by Crippen LogP contribution is 2.29. The van der Waals surface area contributed by atoms with Crippen LogP contribution in [-0.4, -0.2) is 38.4 Å². The van der Waals surface area contributed by atoms with E-state index in [1.165, 1.54) is 37.1 Å². The molecule has 0 spiro atoms. The van der Waals surface area contributed by atoms with Crippen molar-refractivity contribution in [3.05, 3.63) is 29.8 Å². The van der Waals surface area contributed by atoms with E-state index in [-0.39, 0.29) is 11.4 Å². The van der Waals surface area contributed by atoms with Crippen molar-refractivity contribution in [3.8, 4) is 0 Å². The number of unbranched alkanes of at least 4 members (excludes halogenated alkanes) is 4. The van der Waals surface area contributed by atoms with Crippen molar-refractivity contribution in [1.82, 2.24) is 4.31 Å². The van der Waals surface area contributed by atoms with Gasteiger partial charge in [0.1, 0.15) is 6.04 Å². The lowest BCUT2D eigenvalue weighted by molar-refractivity contribution is -0.140. The van der Waals surface area contributed by atoms with Crippen LogP contribution in [0.15, 0.2) is 29.2 Å². The molecule has 0 radical (unpaired) electrons. The molecule has 0 saturated carbocycles. The van der Waals surface area contributed by atoms with Gasteiger partial charge in [0.25, 0.3) is 0 Å². The average Bonchev–Trinajstić information content (AvgIpc) is 3.36. The summed E-state index contributed by atoms with van der Waals surface area (Å²) in [6.07, 6.45) is 7.07. The van der Waals surface area contributed by atoms with Gasteiger partial charge in [-0.3, -0.25) is 4.79 Å². The Balaban J connectivity index is 1.90. The van der Waals surface area contributed by atoms with Gasteiger partial charge in [-0.25, -0.2) is 8.42 Å². The van der Waals surface area contributed by atoms with Crippen molar-refractivity contribution in [3.63, 3.8) is 0 Å². The van der Waals surface area contributed by atoms with Crippen molar-refractivity contribution in [2.45, 2.75) is 56.4 Å². The summed E-state index contributed by atoms with van der Waals surface area (Å²) in [7, 11) is -2.32. The highest BCUT2D eigenvalue weighted by Gasteiger charge is 2.50. The van der Waals surface area contributed by atoms with Crippen LogP contribution in [0.1, 0.15) is 44.6 Å². The number of esters is 1. The number of methoxy groups -OCH3 is 1. The van der Waals surface area contributed by atoms with E-state index in [4.69, 9.17) is 0 Å². The minimum absolute atomic E-state index is 0.203. The van der Waals surface area contributed by atoms with E-state index >= 15 is 0 Å². The van der Waals surface area contributed by atoms with Gasteiger partial charge >= 0.3 is 5.97 Å². The zero-order chi connectivity index (χ0) is 16.9. The number of rotatable bonds is 9. The predicted molar refractivity (Wildman–Crippen MR) is 88.6 cm³/mol. The van der Waals surface area contributed by atoms with Crippen LogP contribution in [-0.2, 0) is 26.0 Å². The molecule has 0 aliphatic carbocycles. The van der Waals surface area contributed by atoms with E-state index in [2.05, 4.69) is 11.7 Å². The second-order valence-electron chi connectivity index (χ2n) is 5.92. The van der Waals surface area contributed by atoms with Crippen LogP contribution in [0.2, 0.25) is 0 Å². The minimum atomic E-state index is -3.59. The Kier molecular flexibility index (Phi) is 6.18. The molecule has 2 unspecified atom stereocenters. The number of carbonyl (C=O) groups is 1. The second kappa shape index (κ2) is 7.93. The van der Waals surface area contributed by atoms with E-state index in [9.17, 15) is 13.2 Å². The maximum atomic E-state index is 12.4. The van der Waals surface area contributed by atoms with Crippen LogP contribution in [0, 0.1) is 0 Å². The predicted octanol–water partition coefficient (Wildman–Crippen LogP) is 2.75. The van der Waals surface area contributed by atoms with Crippen molar-refractivity contribution in [1.29, 1.82) is 0 Å². The molecule has 128 valence electrons. The molecule has 1 aliphatic rings. The fourth-order valence-corrected chi connectivity index (χ4v) is 4.12. The lowest BCUT2D eigenvalue weighted by atomic mass is 10.1. The number of carbonyl (C=O) groups excluding carboxylic acids is 1. The van der Waals surface area contributed by atoms with Crippen molar-refractivity contribution in [2.75, 3.05) is 13.7 Å². The first-order valence-electron chi connectivity index (χ1n) is 8.19. The van der Waals surface area contributed by atoms with Gasteiger partial charge in [-0.1, -0.05) is 44.7 Å². The van der Waals surface area contributed by atoms with Crippen LogP contribution in [0.3, 0.4) is 0 Å². The van der Waals surface area contributed by atoms with E-state index < -0.39 is 22.0 Å². The molecule has 6 heteroatoms. The Hall–Kier alpha value is -1.40. The first kappa shape index (κ1) is 17.9. The molecule has 1 aliphatic heterocycles. The Labute approximate surface area is 138 Å². The summed E-state index contributed by atoms with van der Waals surface area (Å²) in [6.45, 7) is 2.40. The Morgan fingerprint density at radius 1 is 1.17 bits per heavy atom. The van der Waals surface area contributed by atoms with Gasteiger partial charge < -0.3 is 4.74 Å². The van der Waals surface area contributed by atoms with Crippen molar-refractivity contribution >= 4 is 16.0 Å². The zero-order valence-corrected chi connectivity index (χ0v) is 14.6. The van der Waals surface area contributed by atoms with Crippen LogP contribution in [0.5, 0.6) is 0 Å². The highest BCUT2D eigenvalue weighted by atomic mass is 32.2. The smallest absolute Gasteiger partial charge is 0.325 e. The summed E-state index contributed by atoms with van der Waals surface area (Å²) >= 11 is 0. The maximum Gasteiger partial charge on any atom is 0.325 e. The van der Waals surface area contributed by atoms with Gasteiger partial charge in [0.2, 0.25) is 10.0 Å². The third-order valence-corrected chi connectivity index (χ3v) is 6.03. The summed E-state index contributed by atoms with van der Waals surface area (Å²) in [5, 5.41) is 0. The molecule has 23 heavy (non-hydrogen) atoms. The molecule has 5 nitrogen and oxygen atoms in total. The van der Waals surface area contributed by atoms with Gasteiger partial charge in [0.05, 0.1) is 12.0 Å². The molecule has 2 rings (SSSR count). The molecule has 1 fully saturated rings. The molecule has 0 bridgehead atoms. The number of benzene rings is 1. The van der Waals surface area contributed by atoms with Crippen LogP contribution >= 0.6 is 0 Å². The maximum absolute atomic E-state index is 12.4. The molecular formula is C17H25NO4S. The van der Waals surface area contributed by atoms with Gasteiger partial charge in [0, 0.05) is 6.54 Å². The monoisotopic (exact) mass is 339 g/mol. The number of ether oxygens (including phenoxy) is 1. The SMILES string of the molecule is CCCCCCCc1ccc(S(=O)(=O)N2CC2C(=O)OC)cc1. The lowest BCUT2D eigenvalue weighted by Crippen LogP contribution is -2.20. The van der Waals surface area contributed by atoms with Crippen molar-refractivity contribution < 1.29 is 17.9 Å². The molecule has 1 aromatic rings. The molecule has 0 amide bonds. The fourth-order valence-electron chi connectivity index (χ4n) is 2.61.